The topological polar surface area (TPSA) is 54.5 Å². The van der Waals surface area contributed by atoms with Crippen molar-refractivity contribution in [2.45, 2.75) is 18.9 Å². The van der Waals surface area contributed by atoms with Crippen LogP contribution in [0.5, 0.6) is 0 Å². The van der Waals surface area contributed by atoms with Gasteiger partial charge in [0.1, 0.15) is 5.82 Å². The molecular weight excluding hydrogens is 230 g/mol. The van der Waals surface area contributed by atoms with Crippen LogP contribution in [-0.4, -0.2) is 49.1 Å². The maximum Gasteiger partial charge on any atom is 0.254 e. The predicted molar refractivity (Wildman–Crippen MR) is 69.7 cm³/mol. The molecule has 1 aromatic rings. The zero-order valence-electron chi connectivity index (χ0n) is 10.8. The molecule has 1 aliphatic heterocycles. The number of ether oxygens (including phenoxy) is 1. The maximum absolute atomic E-state index is 11.7. The smallest absolute Gasteiger partial charge is 0.254 e. The Morgan fingerprint density at radius 2 is 2.33 bits per heavy atom. The van der Waals surface area contributed by atoms with Gasteiger partial charge in [-0.2, -0.15) is 0 Å². The van der Waals surface area contributed by atoms with Crippen LogP contribution in [-0.2, 0) is 4.74 Å². The van der Waals surface area contributed by atoms with Gasteiger partial charge in [0, 0.05) is 26.9 Å². The Kier molecular flexibility index (Phi) is 4.15. The first-order valence-electron chi connectivity index (χ1n) is 6.19. The van der Waals surface area contributed by atoms with Crippen molar-refractivity contribution < 1.29 is 9.53 Å². The normalized spacial score (nSPS) is 19.3. The monoisotopic (exact) mass is 249 g/mol. The zero-order chi connectivity index (χ0) is 13.0. The fourth-order valence-corrected chi connectivity index (χ4v) is 1.93. The van der Waals surface area contributed by atoms with Gasteiger partial charge in [0.2, 0.25) is 0 Å². The molecule has 1 aliphatic rings. The van der Waals surface area contributed by atoms with Crippen molar-refractivity contribution in [2.75, 3.05) is 32.6 Å². The van der Waals surface area contributed by atoms with E-state index in [1.165, 1.54) is 0 Å². The van der Waals surface area contributed by atoms with Gasteiger partial charge in [0.25, 0.3) is 5.91 Å². The number of anilines is 1. The lowest BCUT2D eigenvalue weighted by molar-refractivity contribution is 0.0827. The molecule has 2 rings (SSSR count). The molecule has 1 N–H and O–H groups in total. The molecule has 0 spiro atoms. The van der Waals surface area contributed by atoms with Gasteiger partial charge in [-0.15, -0.1) is 0 Å². The highest BCUT2D eigenvalue weighted by Crippen LogP contribution is 2.13. The molecule has 1 fully saturated rings. The molecule has 1 amide bonds. The number of aromatic nitrogens is 1. The third-order valence-electron chi connectivity index (χ3n) is 2.93. The molecule has 0 bridgehead atoms. The summed E-state index contributed by atoms with van der Waals surface area (Å²) in [6, 6.07) is 3.95. The summed E-state index contributed by atoms with van der Waals surface area (Å²) < 4.78 is 5.40. The van der Waals surface area contributed by atoms with Crippen LogP contribution in [0, 0.1) is 0 Å². The minimum absolute atomic E-state index is 0.0324. The van der Waals surface area contributed by atoms with E-state index in [4.69, 9.17) is 4.74 Å². The third kappa shape index (κ3) is 3.20. The Balaban J connectivity index is 1.96. The molecule has 1 saturated heterocycles. The molecule has 5 nitrogen and oxygen atoms in total. The average molecular weight is 249 g/mol. The van der Waals surface area contributed by atoms with E-state index < -0.39 is 0 Å². The van der Waals surface area contributed by atoms with E-state index in [1.54, 1.807) is 31.3 Å². The maximum atomic E-state index is 11.7. The van der Waals surface area contributed by atoms with Gasteiger partial charge in [-0.05, 0) is 25.0 Å². The molecule has 0 saturated carbocycles. The van der Waals surface area contributed by atoms with Crippen LogP contribution in [0.1, 0.15) is 23.2 Å². The minimum Gasteiger partial charge on any atom is -0.379 e. The fourth-order valence-electron chi connectivity index (χ4n) is 1.93. The van der Waals surface area contributed by atoms with Gasteiger partial charge in [-0.3, -0.25) is 4.79 Å². The van der Waals surface area contributed by atoms with Gasteiger partial charge in [-0.1, -0.05) is 0 Å². The van der Waals surface area contributed by atoms with Gasteiger partial charge < -0.3 is 15.0 Å². The highest BCUT2D eigenvalue weighted by Gasteiger charge is 2.14. The molecule has 0 aromatic carbocycles. The largest absolute Gasteiger partial charge is 0.379 e. The van der Waals surface area contributed by atoms with E-state index in [0.29, 0.717) is 11.6 Å². The molecule has 0 aliphatic carbocycles. The van der Waals surface area contributed by atoms with Crippen molar-refractivity contribution >= 4 is 11.7 Å². The molecule has 1 unspecified atom stereocenters. The van der Waals surface area contributed by atoms with Crippen molar-refractivity contribution in [3.8, 4) is 0 Å². The van der Waals surface area contributed by atoms with E-state index in [9.17, 15) is 4.79 Å². The van der Waals surface area contributed by atoms with E-state index in [-0.39, 0.29) is 5.91 Å². The lowest BCUT2D eigenvalue weighted by Crippen LogP contribution is -2.30. The van der Waals surface area contributed by atoms with Crippen LogP contribution in [0.4, 0.5) is 5.82 Å². The number of hydrogen-bond donors (Lipinski definition) is 1. The Morgan fingerprint density at radius 1 is 1.50 bits per heavy atom. The summed E-state index contributed by atoms with van der Waals surface area (Å²) in [5, 5.41) is 3.32. The molecule has 5 heteroatoms. The quantitative estimate of drug-likeness (QED) is 0.879. The highest BCUT2D eigenvalue weighted by atomic mass is 16.5. The van der Waals surface area contributed by atoms with Gasteiger partial charge >= 0.3 is 0 Å². The predicted octanol–water partition coefficient (Wildman–Crippen LogP) is 1.37. The standard InChI is InChI=1S/C13H19N3O2/c1-16(2)13(17)10-5-6-12(14-8-10)15-11-4-3-7-18-9-11/h5-6,8,11H,3-4,7,9H2,1-2H3,(H,14,15). The summed E-state index contributed by atoms with van der Waals surface area (Å²) in [7, 11) is 3.46. The lowest BCUT2D eigenvalue weighted by Gasteiger charge is -2.23. The second kappa shape index (κ2) is 5.82. The second-order valence-electron chi connectivity index (χ2n) is 4.69. The molecule has 0 radical (unpaired) electrons. The Bertz CT molecular complexity index is 397. The number of hydrogen-bond acceptors (Lipinski definition) is 4. The molecule has 2 heterocycles. The fraction of sp³-hybridized carbons (Fsp3) is 0.538. The Hall–Kier alpha value is -1.62. The summed E-state index contributed by atoms with van der Waals surface area (Å²) in [6.45, 7) is 1.57. The average Bonchev–Trinajstić information content (AvgIpc) is 2.40. The summed E-state index contributed by atoms with van der Waals surface area (Å²) in [6.07, 6.45) is 3.78. The molecule has 1 atom stereocenters. The lowest BCUT2D eigenvalue weighted by atomic mass is 10.1. The summed E-state index contributed by atoms with van der Waals surface area (Å²) >= 11 is 0. The molecule has 18 heavy (non-hydrogen) atoms. The van der Waals surface area contributed by atoms with E-state index >= 15 is 0 Å². The SMILES string of the molecule is CN(C)C(=O)c1ccc(NC2CCCOC2)nc1. The van der Waals surface area contributed by atoms with Crippen LogP contribution in [0.2, 0.25) is 0 Å². The van der Waals surface area contributed by atoms with E-state index in [2.05, 4.69) is 10.3 Å². The first kappa shape index (κ1) is 12.8. The van der Waals surface area contributed by atoms with Crippen LogP contribution in [0.15, 0.2) is 18.3 Å². The van der Waals surface area contributed by atoms with Gasteiger partial charge in [0.05, 0.1) is 18.2 Å². The summed E-state index contributed by atoms with van der Waals surface area (Å²) in [4.78, 5) is 17.5. The van der Waals surface area contributed by atoms with Crippen molar-refractivity contribution in [3.63, 3.8) is 0 Å². The highest BCUT2D eigenvalue weighted by molar-refractivity contribution is 5.93. The first-order valence-corrected chi connectivity index (χ1v) is 6.19. The van der Waals surface area contributed by atoms with Gasteiger partial charge in [-0.25, -0.2) is 4.98 Å². The van der Waals surface area contributed by atoms with E-state index in [0.717, 1.165) is 31.9 Å². The number of nitrogens with zero attached hydrogens (tertiary/aromatic N) is 2. The summed E-state index contributed by atoms with van der Waals surface area (Å²) in [5.74, 6) is 0.760. The van der Waals surface area contributed by atoms with Crippen LogP contribution >= 0.6 is 0 Å². The number of pyridine rings is 1. The molecule has 98 valence electrons. The second-order valence-corrected chi connectivity index (χ2v) is 4.69. The van der Waals surface area contributed by atoms with Gasteiger partial charge in [0.15, 0.2) is 0 Å². The van der Waals surface area contributed by atoms with Crippen molar-refractivity contribution in [1.82, 2.24) is 9.88 Å². The van der Waals surface area contributed by atoms with Crippen molar-refractivity contribution in [3.05, 3.63) is 23.9 Å². The van der Waals surface area contributed by atoms with Crippen molar-refractivity contribution in [1.29, 1.82) is 0 Å². The molecular formula is C13H19N3O2. The third-order valence-corrected chi connectivity index (χ3v) is 2.93. The minimum atomic E-state index is -0.0324. The Morgan fingerprint density at radius 3 is 2.89 bits per heavy atom. The van der Waals surface area contributed by atoms with Crippen LogP contribution in [0.3, 0.4) is 0 Å². The number of amides is 1. The summed E-state index contributed by atoms with van der Waals surface area (Å²) in [5.41, 5.74) is 0.602. The number of rotatable bonds is 3. The van der Waals surface area contributed by atoms with Crippen LogP contribution in [0.25, 0.3) is 0 Å². The van der Waals surface area contributed by atoms with Crippen molar-refractivity contribution in [2.24, 2.45) is 0 Å². The number of carbonyl (C=O) groups is 1. The van der Waals surface area contributed by atoms with E-state index in [1.807, 2.05) is 6.07 Å². The Labute approximate surface area is 107 Å². The number of carbonyl (C=O) groups excluding carboxylic acids is 1. The first-order chi connectivity index (χ1) is 8.66. The van der Waals surface area contributed by atoms with Crippen LogP contribution < -0.4 is 5.32 Å². The zero-order valence-corrected chi connectivity index (χ0v) is 10.8. The number of nitrogens with one attached hydrogen (secondary N) is 1. The molecule has 1 aromatic heterocycles.